The SMILES string of the molecule is Cc1cccc(Nc2cc(Cl)ccc2C#N)c1Br. The second-order valence-electron chi connectivity index (χ2n) is 3.86. The summed E-state index contributed by atoms with van der Waals surface area (Å²) in [5.74, 6) is 0. The van der Waals surface area contributed by atoms with Gasteiger partial charge in [-0.05, 0) is 52.7 Å². The Kier molecular flexibility index (Phi) is 3.90. The summed E-state index contributed by atoms with van der Waals surface area (Å²) in [5.41, 5.74) is 3.30. The molecule has 0 spiro atoms. The highest BCUT2D eigenvalue weighted by Crippen LogP contribution is 2.30. The maximum atomic E-state index is 9.07. The van der Waals surface area contributed by atoms with E-state index < -0.39 is 0 Å². The summed E-state index contributed by atoms with van der Waals surface area (Å²) in [6.45, 7) is 2.01. The van der Waals surface area contributed by atoms with Crippen LogP contribution in [0.2, 0.25) is 5.02 Å². The van der Waals surface area contributed by atoms with Gasteiger partial charge < -0.3 is 5.32 Å². The number of nitrogens with zero attached hydrogens (tertiary/aromatic N) is 1. The normalized spacial score (nSPS) is 9.89. The number of rotatable bonds is 2. The van der Waals surface area contributed by atoms with Crippen molar-refractivity contribution in [1.29, 1.82) is 5.26 Å². The minimum Gasteiger partial charge on any atom is -0.353 e. The van der Waals surface area contributed by atoms with E-state index in [2.05, 4.69) is 27.3 Å². The molecule has 0 unspecified atom stereocenters. The Balaban J connectivity index is 2.43. The maximum Gasteiger partial charge on any atom is 0.101 e. The lowest BCUT2D eigenvalue weighted by atomic mass is 10.1. The van der Waals surface area contributed by atoms with Crippen molar-refractivity contribution in [2.75, 3.05) is 5.32 Å². The number of aryl methyl sites for hydroxylation is 1. The highest BCUT2D eigenvalue weighted by Gasteiger charge is 2.06. The molecule has 0 aliphatic carbocycles. The van der Waals surface area contributed by atoms with Crippen molar-refractivity contribution in [2.24, 2.45) is 0 Å². The standard InChI is InChI=1S/C14H10BrClN2/c1-9-3-2-4-12(14(9)15)18-13-7-11(16)6-5-10(13)8-17/h2-7,18H,1H3. The summed E-state index contributed by atoms with van der Waals surface area (Å²) in [6, 6.07) is 13.2. The fraction of sp³-hybridized carbons (Fsp3) is 0.0714. The van der Waals surface area contributed by atoms with Crippen molar-refractivity contribution >= 4 is 38.9 Å². The topological polar surface area (TPSA) is 35.8 Å². The minimum atomic E-state index is 0.563. The van der Waals surface area contributed by atoms with Crippen LogP contribution in [0.15, 0.2) is 40.9 Å². The molecule has 2 aromatic rings. The summed E-state index contributed by atoms with van der Waals surface area (Å²) in [6.07, 6.45) is 0. The molecule has 90 valence electrons. The van der Waals surface area contributed by atoms with Crippen LogP contribution < -0.4 is 5.32 Å². The summed E-state index contributed by atoms with van der Waals surface area (Å²) < 4.78 is 0.980. The molecule has 0 fully saturated rings. The zero-order chi connectivity index (χ0) is 13.1. The van der Waals surface area contributed by atoms with Crippen LogP contribution in [0.4, 0.5) is 11.4 Å². The molecule has 4 heteroatoms. The third-order valence-corrected chi connectivity index (χ3v) is 3.85. The van der Waals surface area contributed by atoms with Gasteiger partial charge in [-0.2, -0.15) is 5.26 Å². The Bertz CT molecular complexity index is 632. The molecule has 0 aliphatic rings. The van der Waals surface area contributed by atoms with E-state index in [1.165, 1.54) is 0 Å². The van der Waals surface area contributed by atoms with E-state index in [1.54, 1.807) is 18.2 Å². The Morgan fingerprint density at radius 3 is 2.72 bits per heavy atom. The van der Waals surface area contributed by atoms with E-state index >= 15 is 0 Å². The van der Waals surface area contributed by atoms with Gasteiger partial charge in [0.2, 0.25) is 0 Å². The van der Waals surface area contributed by atoms with Gasteiger partial charge in [0.15, 0.2) is 0 Å². The second-order valence-corrected chi connectivity index (χ2v) is 5.09. The molecule has 0 amide bonds. The number of hydrogen-bond donors (Lipinski definition) is 1. The Morgan fingerprint density at radius 2 is 2.00 bits per heavy atom. The van der Waals surface area contributed by atoms with E-state index in [1.807, 2.05) is 25.1 Å². The zero-order valence-corrected chi connectivity index (χ0v) is 12.0. The molecule has 0 bridgehead atoms. The van der Waals surface area contributed by atoms with Crippen molar-refractivity contribution in [3.8, 4) is 6.07 Å². The van der Waals surface area contributed by atoms with Gasteiger partial charge in [0.25, 0.3) is 0 Å². The highest BCUT2D eigenvalue weighted by atomic mass is 79.9. The zero-order valence-electron chi connectivity index (χ0n) is 9.67. The van der Waals surface area contributed by atoms with Gasteiger partial charge in [0.1, 0.15) is 6.07 Å². The second kappa shape index (κ2) is 5.43. The minimum absolute atomic E-state index is 0.563. The lowest BCUT2D eigenvalue weighted by Crippen LogP contribution is -1.95. The first kappa shape index (κ1) is 12.9. The van der Waals surface area contributed by atoms with Crippen molar-refractivity contribution in [1.82, 2.24) is 0 Å². The third-order valence-electron chi connectivity index (χ3n) is 2.56. The van der Waals surface area contributed by atoms with Gasteiger partial charge in [0, 0.05) is 9.50 Å². The van der Waals surface area contributed by atoms with Crippen LogP contribution in [0, 0.1) is 18.3 Å². The van der Waals surface area contributed by atoms with Gasteiger partial charge >= 0.3 is 0 Å². The lowest BCUT2D eigenvalue weighted by Gasteiger charge is -2.11. The first-order valence-electron chi connectivity index (χ1n) is 5.33. The maximum absolute atomic E-state index is 9.07. The molecule has 18 heavy (non-hydrogen) atoms. The van der Waals surface area contributed by atoms with Crippen molar-refractivity contribution in [3.05, 3.63) is 57.0 Å². The number of nitrogens with one attached hydrogen (secondary N) is 1. The molecule has 0 saturated heterocycles. The van der Waals surface area contributed by atoms with Crippen LogP contribution in [0.5, 0.6) is 0 Å². The van der Waals surface area contributed by atoms with Crippen molar-refractivity contribution in [2.45, 2.75) is 6.92 Å². The fourth-order valence-electron chi connectivity index (χ4n) is 1.61. The van der Waals surface area contributed by atoms with Crippen molar-refractivity contribution in [3.63, 3.8) is 0 Å². The Morgan fingerprint density at radius 1 is 1.22 bits per heavy atom. The molecular weight excluding hydrogens is 312 g/mol. The summed E-state index contributed by atoms with van der Waals surface area (Å²) in [7, 11) is 0. The molecule has 0 heterocycles. The molecule has 0 aromatic heterocycles. The van der Waals surface area contributed by atoms with Crippen LogP contribution in [-0.4, -0.2) is 0 Å². The number of hydrogen-bond acceptors (Lipinski definition) is 2. The lowest BCUT2D eigenvalue weighted by molar-refractivity contribution is 1.40. The van der Waals surface area contributed by atoms with Crippen LogP contribution in [0.1, 0.15) is 11.1 Å². The van der Waals surface area contributed by atoms with Crippen LogP contribution in [-0.2, 0) is 0 Å². The first-order chi connectivity index (χ1) is 8.61. The predicted octanol–water partition coefficient (Wildman–Crippen LogP) is 5.03. The summed E-state index contributed by atoms with van der Waals surface area (Å²) >= 11 is 9.47. The average molecular weight is 322 g/mol. The summed E-state index contributed by atoms with van der Waals surface area (Å²) in [5, 5.41) is 12.9. The number of halogens is 2. The predicted molar refractivity (Wildman–Crippen MR) is 78.3 cm³/mol. The van der Waals surface area contributed by atoms with Gasteiger partial charge in [-0.1, -0.05) is 23.7 Å². The van der Waals surface area contributed by atoms with E-state index in [0.29, 0.717) is 16.3 Å². The quantitative estimate of drug-likeness (QED) is 0.842. The first-order valence-corrected chi connectivity index (χ1v) is 6.50. The molecular formula is C14H10BrClN2. The molecule has 2 rings (SSSR count). The van der Waals surface area contributed by atoms with Gasteiger partial charge in [-0.3, -0.25) is 0 Å². The third kappa shape index (κ3) is 2.66. The molecule has 0 radical (unpaired) electrons. The molecule has 0 saturated carbocycles. The highest BCUT2D eigenvalue weighted by molar-refractivity contribution is 9.10. The monoisotopic (exact) mass is 320 g/mol. The van der Waals surface area contributed by atoms with Crippen LogP contribution >= 0.6 is 27.5 Å². The van der Waals surface area contributed by atoms with Gasteiger partial charge in [-0.15, -0.1) is 0 Å². The molecule has 1 N–H and O–H groups in total. The largest absolute Gasteiger partial charge is 0.353 e. The van der Waals surface area contributed by atoms with Gasteiger partial charge in [-0.25, -0.2) is 0 Å². The molecule has 2 aromatic carbocycles. The van der Waals surface area contributed by atoms with E-state index in [9.17, 15) is 0 Å². The number of benzene rings is 2. The van der Waals surface area contributed by atoms with E-state index in [-0.39, 0.29) is 0 Å². The Hall–Kier alpha value is -1.50. The number of nitriles is 1. The Labute approximate surface area is 119 Å². The fourth-order valence-corrected chi connectivity index (χ4v) is 2.14. The van der Waals surface area contributed by atoms with Crippen molar-refractivity contribution < 1.29 is 0 Å². The number of anilines is 2. The average Bonchev–Trinajstić information content (AvgIpc) is 2.35. The van der Waals surface area contributed by atoms with E-state index in [4.69, 9.17) is 16.9 Å². The van der Waals surface area contributed by atoms with Crippen LogP contribution in [0.25, 0.3) is 0 Å². The van der Waals surface area contributed by atoms with Gasteiger partial charge in [0.05, 0.1) is 16.9 Å². The molecule has 0 aliphatic heterocycles. The summed E-state index contributed by atoms with van der Waals surface area (Å²) in [4.78, 5) is 0. The van der Waals surface area contributed by atoms with Crippen LogP contribution in [0.3, 0.4) is 0 Å². The smallest absolute Gasteiger partial charge is 0.101 e. The molecule has 0 atom stereocenters. The van der Waals surface area contributed by atoms with E-state index in [0.717, 1.165) is 15.7 Å². The molecule has 2 nitrogen and oxygen atoms in total.